The van der Waals surface area contributed by atoms with Gasteiger partial charge in [0.2, 0.25) is 11.9 Å². The third-order valence-corrected chi connectivity index (χ3v) is 3.95. The van der Waals surface area contributed by atoms with Crippen molar-refractivity contribution < 1.29 is 27.0 Å². The van der Waals surface area contributed by atoms with Crippen LogP contribution in [0.4, 0.5) is 9.83 Å². The van der Waals surface area contributed by atoms with Crippen LogP contribution < -0.4 is 4.90 Å². The van der Waals surface area contributed by atoms with Crippen molar-refractivity contribution in [2.45, 2.75) is 13.3 Å². The lowest BCUT2D eigenvalue weighted by Crippen LogP contribution is -2.28. The van der Waals surface area contributed by atoms with Crippen LogP contribution >= 0.6 is 0 Å². The van der Waals surface area contributed by atoms with Crippen LogP contribution in [-0.4, -0.2) is 47.7 Å². The Kier molecular flexibility index (Phi) is 3.90. The van der Waals surface area contributed by atoms with E-state index in [4.69, 9.17) is 5.11 Å². The summed E-state index contributed by atoms with van der Waals surface area (Å²) >= 11 is 0. The lowest BCUT2D eigenvalue weighted by atomic mass is 10.1. The summed E-state index contributed by atoms with van der Waals surface area (Å²) in [7, 11) is -4.66. The molecular formula is C11H12FN3O5S. The van der Waals surface area contributed by atoms with Gasteiger partial charge in [-0.3, -0.25) is 9.69 Å². The summed E-state index contributed by atoms with van der Waals surface area (Å²) in [5.41, 5.74) is 0.0927. The Bertz CT molecular complexity index is 706. The number of amides is 1. The smallest absolute Gasteiger partial charge is 0.339 e. The number of aromatic carboxylic acids is 1. The van der Waals surface area contributed by atoms with Gasteiger partial charge in [-0.1, -0.05) is 0 Å². The van der Waals surface area contributed by atoms with E-state index in [1.54, 1.807) is 0 Å². The minimum atomic E-state index is -4.66. The second kappa shape index (κ2) is 5.35. The standard InChI is InChI=1S/C11H12FN3O5S/c1-6-8(10(17)18)3-13-11(14-6)15-4-7(2-9(15)16)5-21(12,19)20/h3,7H,2,4-5H2,1H3,(H,17,18). The molecule has 1 fully saturated rings. The number of hydrogen-bond acceptors (Lipinski definition) is 6. The highest BCUT2D eigenvalue weighted by atomic mass is 32.3. The maximum atomic E-state index is 12.6. The van der Waals surface area contributed by atoms with E-state index in [0.29, 0.717) is 0 Å². The summed E-state index contributed by atoms with van der Waals surface area (Å²) in [5.74, 6) is -3.03. The number of carbonyl (C=O) groups excluding carboxylic acids is 1. The molecule has 1 aliphatic rings. The van der Waals surface area contributed by atoms with Crippen molar-refractivity contribution in [3.63, 3.8) is 0 Å². The van der Waals surface area contributed by atoms with Crippen LogP contribution in [-0.2, 0) is 15.0 Å². The van der Waals surface area contributed by atoms with Gasteiger partial charge in [-0.2, -0.15) is 8.42 Å². The molecule has 1 aromatic heterocycles. The van der Waals surface area contributed by atoms with Gasteiger partial charge in [-0.25, -0.2) is 14.8 Å². The second-order valence-corrected chi connectivity index (χ2v) is 6.17. The molecule has 1 aliphatic heterocycles. The first-order valence-corrected chi connectivity index (χ1v) is 7.52. The number of carboxylic acids is 1. The number of aryl methyl sites for hydroxylation is 1. The summed E-state index contributed by atoms with van der Waals surface area (Å²) in [4.78, 5) is 31.5. The van der Waals surface area contributed by atoms with Gasteiger partial charge in [0.15, 0.2) is 0 Å². The van der Waals surface area contributed by atoms with E-state index >= 15 is 0 Å². The van der Waals surface area contributed by atoms with Crippen LogP contribution in [0.25, 0.3) is 0 Å². The van der Waals surface area contributed by atoms with Gasteiger partial charge in [0.05, 0.1) is 17.0 Å². The van der Waals surface area contributed by atoms with E-state index < -0.39 is 33.8 Å². The van der Waals surface area contributed by atoms with E-state index in [1.165, 1.54) is 6.92 Å². The topological polar surface area (TPSA) is 118 Å². The molecule has 1 atom stereocenters. The van der Waals surface area contributed by atoms with Gasteiger partial charge in [0.25, 0.3) is 0 Å². The summed E-state index contributed by atoms with van der Waals surface area (Å²) in [5, 5.41) is 8.87. The Labute approximate surface area is 119 Å². The number of carboxylic acid groups (broad SMARTS) is 1. The fourth-order valence-corrected chi connectivity index (χ4v) is 2.95. The Morgan fingerprint density at radius 2 is 2.24 bits per heavy atom. The van der Waals surface area contributed by atoms with E-state index in [2.05, 4.69) is 9.97 Å². The molecule has 114 valence electrons. The highest BCUT2D eigenvalue weighted by Gasteiger charge is 2.35. The van der Waals surface area contributed by atoms with E-state index in [1.807, 2.05) is 0 Å². The van der Waals surface area contributed by atoms with Gasteiger partial charge in [-0.15, -0.1) is 3.89 Å². The number of rotatable bonds is 4. The first-order valence-electron chi connectivity index (χ1n) is 5.97. The van der Waals surface area contributed by atoms with Crippen LogP contribution in [0.5, 0.6) is 0 Å². The zero-order valence-corrected chi connectivity index (χ0v) is 11.8. The Hall–Kier alpha value is -2.10. The Balaban J connectivity index is 2.21. The van der Waals surface area contributed by atoms with Crippen LogP contribution in [0, 0.1) is 12.8 Å². The zero-order valence-electron chi connectivity index (χ0n) is 11.0. The Morgan fingerprint density at radius 1 is 1.57 bits per heavy atom. The minimum Gasteiger partial charge on any atom is -0.478 e. The van der Waals surface area contributed by atoms with Gasteiger partial charge < -0.3 is 5.11 Å². The fraction of sp³-hybridized carbons (Fsp3) is 0.455. The third kappa shape index (κ3) is 3.51. The van der Waals surface area contributed by atoms with E-state index in [-0.39, 0.29) is 30.2 Å². The molecule has 1 N–H and O–H groups in total. The molecule has 0 aliphatic carbocycles. The van der Waals surface area contributed by atoms with Crippen LogP contribution in [0.3, 0.4) is 0 Å². The number of nitrogens with zero attached hydrogens (tertiary/aromatic N) is 3. The molecule has 1 unspecified atom stereocenters. The van der Waals surface area contributed by atoms with Crippen LogP contribution in [0.15, 0.2) is 6.20 Å². The molecule has 0 spiro atoms. The fourth-order valence-electron chi connectivity index (χ4n) is 2.16. The van der Waals surface area contributed by atoms with Crippen molar-refractivity contribution in [2.24, 2.45) is 5.92 Å². The normalized spacial score (nSPS) is 19.0. The first-order chi connectivity index (χ1) is 9.67. The molecule has 0 radical (unpaired) electrons. The SMILES string of the molecule is Cc1nc(N2CC(CS(=O)(=O)F)CC2=O)ncc1C(=O)O. The number of aromatic nitrogens is 2. The van der Waals surface area contributed by atoms with Crippen molar-refractivity contribution in [1.82, 2.24) is 9.97 Å². The molecular weight excluding hydrogens is 305 g/mol. The molecule has 0 saturated carbocycles. The quantitative estimate of drug-likeness (QED) is 0.784. The van der Waals surface area contributed by atoms with Gasteiger partial charge in [-0.05, 0) is 6.92 Å². The molecule has 10 heteroatoms. The van der Waals surface area contributed by atoms with Crippen LogP contribution in [0.1, 0.15) is 22.5 Å². The van der Waals surface area contributed by atoms with Gasteiger partial charge in [0, 0.05) is 25.1 Å². The highest BCUT2D eigenvalue weighted by molar-refractivity contribution is 7.86. The van der Waals surface area contributed by atoms with Crippen molar-refractivity contribution in [1.29, 1.82) is 0 Å². The van der Waals surface area contributed by atoms with Gasteiger partial charge >= 0.3 is 16.2 Å². The minimum absolute atomic E-state index is 0.0127. The molecule has 0 aromatic carbocycles. The average Bonchev–Trinajstić information content (AvgIpc) is 2.66. The lowest BCUT2D eigenvalue weighted by Gasteiger charge is -2.14. The Morgan fingerprint density at radius 3 is 2.76 bits per heavy atom. The molecule has 1 saturated heterocycles. The predicted molar refractivity (Wildman–Crippen MR) is 69.1 cm³/mol. The summed E-state index contributed by atoms with van der Waals surface area (Å²) < 4.78 is 33.9. The van der Waals surface area contributed by atoms with Crippen molar-refractivity contribution in [3.05, 3.63) is 17.5 Å². The van der Waals surface area contributed by atoms with E-state index in [0.717, 1.165) is 11.1 Å². The lowest BCUT2D eigenvalue weighted by molar-refractivity contribution is -0.117. The average molecular weight is 317 g/mol. The zero-order chi connectivity index (χ0) is 15.8. The molecule has 21 heavy (non-hydrogen) atoms. The predicted octanol–water partition coefficient (Wildman–Crippen LogP) is 0.135. The first kappa shape index (κ1) is 15.3. The van der Waals surface area contributed by atoms with Crippen molar-refractivity contribution >= 4 is 28.0 Å². The number of hydrogen-bond donors (Lipinski definition) is 1. The molecule has 0 bridgehead atoms. The largest absolute Gasteiger partial charge is 0.478 e. The number of anilines is 1. The summed E-state index contributed by atoms with van der Waals surface area (Å²) in [6, 6.07) is 0. The van der Waals surface area contributed by atoms with Gasteiger partial charge in [0.1, 0.15) is 0 Å². The number of halogens is 1. The maximum absolute atomic E-state index is 12.6. The third-order valence-electron chi connectivity index (χ3n) is 3.08. The molecule has 2 rings (SSSR count). The van der Waals surface area contributed by atoms with Crippen molar-refractivity contribution in [2.75, 3.05) is 17.2 Å². The maximum Gasteiger partial charge on any atom is 0.339 e. The van der Waals surface area contributed by atoms with Crippen molar-refractivity contribution in [3.8, 4) is 0 Å². The summed E-state index contributed by atoms with van der Waals surface area (Å²) in [6.07, 6.45) is 0.957. The van der Waals surface area contributed by atoms with Crippen LogP contribution in [0.2, 0.25) is 0 Å². The molecule has 8 nitrogen and oxygen atoms in total. The molecule has 2 heterocycles. The second-order valence-electron chi connectivity index (χ2n) is 4.75. The van der Waals surface area contributed by atoms with E-state index in [9.17, 15) is 21.9 Å². The highest BCUT2D eigenvalue weighted by Crippen LogP contribution is 2.24. The molecule has 1 aromatic rings. The monoisotopic (exact) mass is 317 g/mol. The number of carbonyl (C=O) groups is 2. The summed E-state index contributed by atoms with van der Waals surface area (Å²) in [6.45, 7) is 1.44. The molecule has 1 amide bonds.